The third kappa shape index (κ3) is 2.84. The highest BCUT2D eigenvalue weighted by Gasteiger charge is 2.31. The van der Waals surface area contributed by atoms with Gasteiger partial charge in [-0.1, -0.05) is 6.92 Å². The zero-order valence-electron chi connectivity index (χ0n) is 10.8. The Bertz CT molecular complexity index is 408. The van der Waals surface area contributed by atoms with E-state index in [0.29, 0.717) is 23.9 Å². The lowest BCUT2D eigenvalue weighted by Crippen LogP contribution is -2.49. The molecule has 1 aromatic rings. The van der Waals surface area contributed by atoms with E-state index >= 15 is 0 Å². The quantitative estimate of drug-likeness (QED) is 0.888. The van der Waals surface area contributed by atoms with Crippen LogP contribution in [0.3, 0.4) is 0 Å². The van der Waals surface area contributed by atoms with Crippen LogP contribution in [0, 0.1) is 12.8 Å². The summed E-state index contributed by atoms with van der Waals surface area (Å²) in [6.07, 6.45) is 3.31. The van der Waals surface area contributed by atoms with Gasteiger partial charge in [-0.2, -0.15) is 0 Å². The van der Waals surface area contributed by atoms with Gasteiger partial charge in [0.15, 0.2) is 12.1 Å². The summed E-state index contributed by atoms with van der Waals surface area (Å²) >= 11 is 0. The molecule has 1 aliphatic rings. The Kier molecular flexibility index (Phi) is 5.16. The molecule has 1 amide bonds. The van der Waals surface area contributed by atoms with Gasteiger partial charge in [-0.3, -0.25) is 4.79 Å². The predicted octanol–water partition coefficient (Wildman–Crippen LogP) is 1.60. The zero-order valence-corrected chi connectivity index (χ0v) is 11.6. The van der Waals surface area contributed by atoms with E-state index in [1.165, 1.54) is 6.39 Å². The van der Waals surface area contributed by atoms with Crippen LogP contribution in [0.4, 0.5) is 0 Å². The number of aryl methyl sites for hydroxylation is 1. The van der Waals surface area contributed by atoms with Gasteiger partial charge in [-0.15, -0.1) is 12.4 Å². The maximum absolute atomic E-state index is 12.3. The Hall–Kier alpha value is -1.07. The van der Waals surface area contributed by atoms with Gasteiger partial charge in [-0.05, 0) is 25.7 Å². The van der Waals surface area contributed by atoms with Crippen LogP contribution in [0.25, 0.3) is 0 Å². The monoisotopic (exact) mass is 273 g/mol. The lowest BCUT2D eigenvalue weighted by molar-refractivity contribution is 0.0566. The van der Waals surface area contributed by atoms with Crippen LogP contribution in [-0.2, 0) is 0 Å². The van der Waals surface area contributed by atoms with E-state index in [4.69, 9.17) is 10.2 Å². The predicted molar refractivity (Wildman–Crippen MR) is 70.8 cm³/mol. The van der Waals surface area contributed by atoms with Crippen molar-refractivity contribution in [1.82, 2.24) is 9.88 Å². The first kappa shape index (κ1) is 15.0. The molecule has 1 aliphatic heterocycles. The molecule has 0 aliphatic carbocycles. The fourth-order valence-corrected chi connectivity index (χ4v) is 2.39. The number of piperidine rings is 1. The molecule has 0 radical (unpaired) electrons. The number of aromatic nitrogens is 1. The molecule has 1 aromatic heterocycles. The highest BCUT2D eigenvalue weighted by atomic mass is 35.5. The number of carbonyl (C=O) groups excluding carboxylic acids is 1. The van der Waals surface area contributed by atoms with Gasteiger partial charge in [0.25, 0.3) is 5.91 Å². The van der Waals surface area contributed by atoms with Crippen molar-refractivity contribution in [1.29, 1.82) is 0 Å². The molecule has 0 saturated carbocycles. The first-order chi connectivity index (χ1) is 8.13. The van der Waals surface area contributed by atoms with Crippen molar-refractivity contribution in [2.75, 3.05) is 13.1 Å². The molecule has 0 spiro atoms. The average Bonchev–Trinajstić information content (AvgIpc) is 2.74. The van der Waals surface area contributed by atoms with Crippen LogP contribution in [-0.4, -0.2) is 34.9 Å². The van der Waals surface area contributed by atoms with E-state index in [2.05, 4.69) is 11.9 Å². The summed E-state index contributed by atoms with van der Waals surface area (Å²) in [5.41, 5.74) is 6.16. The Morgan fingerprint density at radius 2 is 2.39 bits per heavy atom. The standard InChI is InChI=1S/C12H19N3O2.ClH/c1-8-3-4-15(10(5-8)6-13)12(16)11-9(2)17-7-14-11;/h7-8,10H,3-6,13H2,1-2H3;1H. The topological polar surface area (TPSA) is 72.4 Å². The molecule has 2 heterocycles. The highest BCUT2D eigenvalue weighted by molar-refractivity contribution is 5.93. The van der Waals surface area contributed by atoms with E-state index in [-0.39, 0.29) is 24.4 Å². The number of likely N-dealkylation sites (tertiary alicyclic amines) is 1. The Balaban J connectivity index is 0.00000162. The van der Waals surface area contributed by atoms with E-state index in [1.807, 2.05) is 4.90 Å². The molecule has 2 atom stereocenters. The van der Waals surface area contributed by atoms with Crippen molar-refractivity contribution in [3.05, 3.63) is 17.8 Å². The molecule has 0 aromatic carbocycles. The molecule has 2 rings (SSSR count). The normalized spacial score (nSPS) is 23.6. The van der Waals surface area contributed by atoms with Crippen LogP contribution in [0.2, 0.25) is 0 Å². The van der Waals surface area contributed by atoms with Crippen molar-refractivity contribution in [3.63, 3.8) is 0 Å². The Morgan fingerprint density at radius 3 is 2.94 bits per heavy atom. The smallest absolute Gasteiger partial charge is 0.276 e. The molecule has 0 bridgehead atoms. The Morgan fingerprint density at radius 1 is 1.67 bits per heavy atom. The molecule has 102 valence electrons. The minimum absolute atomic E-state index is 0. The number of amides is 1. The van der Waals surface area contributed by atoms with Gasteiger partial charge in [0.1, 0.15) is 5.76 Å². The van der Waals surface area contributed by atoms with Crippen molar-refractivity contribution in [2.45, 2.75) is 32.7 Å². The first-order valence-electron chi connectivity index (χ1n) is 6.04. The van der Waals surface area contributed by atoms with Crippen LogP contribution < -0.4 is 5.73 Å². The zero-order chi connectivity index (χ0) is 12.4. The van der Waals surface area contributed by atoms with Gasteiger partial charge in [-0.25, -0.2) is 4.98 Å². The van der Waals surface area contributed by atoms with Crippen molar-refractivity contribution >= 4 is 18.3 Å². The van der Waals surface area contributed by atoms with Gasteiger partial charge in [0.05, 0.1) is 0 Å². The average molecular weight is 274 g/mol. The molecule has 2 N–H and O–H groups in total. The molecule has 1 saturated heterocycles. The third-order valence-electron chi connectivity index (χ3n) is 3.46. The van der Waals surface area contributed by atoms with Crippen LogP contribution in [0.5, 0.6) is 0 Å². The number of carbonyl (C=O) groups is 1. The summed E-state index contributed by atoms with van der Waals surface area (Å²) < 4.78 is 5.08. The van der Waals surface area contributed by atoms with Crippen molar-refractivity contribution in [3.8, 4) is 0 Å². The summed E-state index contributed by atoms with van der Waals surface area (Å²) in [4.78, 5) is 18.1. The number of hydrogen-bond donors (Lipinski definition) is 1. The van der Waals surface area contributed by atoms with E-state index in [0.717, 1.165) is 19.4 Å². The van der Waals surface area contributed by atoms with Crippen LogP contribution in [0.15, 0.2) is 10.8 Å². The second-order valence-electron chi connectivity index (χ2n) is 4.77. The number of halogens is 1. The minimum atomic E-state index is -0.0569. The number of nitrogens with zero attached hydrogens (tertiary/aromatic N) is 2. The third-order valence-corrected chi connectivity index (χ3v) is 3.46. The number of nitrogens with two attached hydrogens (primary N) is 1. The first-order valence-corrected chi connectivity index (χ1v) is 6.04. The summed E-state index contributed by atoms with van der Waals surface area (Å²) in [7, 11) is 0. The highest BCUT2D eigenvalue weighted by Crippen LogP contribution is 2.23. The van der Waals surface area contributed by atoms with Crippen LogP contribution in [0.1, 0.15) is 36.0 Å². The fraction of sp³-hybridized carbons (Fsp3) is 0.667. The van der Waals surface area contributed by atoms with Crippen molar-refractivity contribution in [2.24, 2.45) is 11.7 Å². The maximum atomic E-state index is 12.3. The number of hydrogen-bond acceptors (Lipinski definition) is 4. The molecule has 2 unspecified atom stereocenters. The number of oxazole rings is 1. The van der Waals surface area contributed by atoms with Gasteiger partial charge in [0, 0.05) is 19.1 Å². The second-order valence-corrected chi connectivity index (χ2v) is 4.77. The SMILES string of the molecule is Cc1ocnc1C(=O)N1CCC(C)CC1CN.Cl. The molecular formula is C12H20ClN3O2. The van der Waals surface area contributed by atoms with E-state index in [9.17, 15) is 4.79 Å². The molecule has 18 heavy (non-hydrogen) atoms. The maximum Gasteiger partial charge on any atom is 0.276 e. The van der Waals surface area contributed by atoms with Gasteiger partial charge < -0.3 is 15.1 Å². The van der Waals surface area contributed by atoms with Gasteiger partial charge >= 0.3 is 0 Å². The van der Waals surface area contributed by atoms with E-state index < -0.39 is 0 Å². The molecular weight excluding hydrogens is 254 g/mol. The van der Waals surface area contributed by atoms with Gasteiger partial charge in [0.2, 0.25) is 0 Å². The fourth-order valence-electron chi connectivity index (χ4n) is 2.39. The Labute approximate surface area is 113 Å². The van der Waals surface area contributed by atoms with E-state index in [1.54, 1.807) is 6.92 Å². The summed E-state index contributed by atoms with van der Waals surface area (Å²) in [6.45, 7) is 5.22. The summed E-state index contributed by atoms with van der Waals surface area (Å²) in [6, 6.07) is 0.127. The lowest BCUT2D eigenvalue weighted by Gasteiger charge is -2.37. The second kappa shape index (κ2) is 6.20. The lowest BCUT2D eigenvalue weighted by atomic mass is 9.92. The molecule has 6 heteroatoms. The summed E-state index contributed by atoms with van der Waals surface area (Å²) in [5.74, 6) is 1.15. The number of rotatable bonds is 2. The summed E-state index contributed by atoms with van der Waals surface area (Å²) in [5, 5.41) is 0. The molecule has 5 nitrogen and oxygen atoms in total. The molecule has 1 fully saturated rings. The largest absolute Gasteiger partial charge is 0.448 e. The van der Waals surface area contributed by atoms with Crippen molar-refractivity contribution < 1.29 is 9.21 Å². The van der Waals surface area contributed by atoms with Crippen LogP contribution >= 0.6 is 12.4 Å². The minimum Gasteiger partial charge on any atom is -0.448 e.